The summed E-state index contributed by atoms with van der Waals surface area (Å²) in [6.07, 6.45) is 2.17. The monoisotopic (exact) mass is 356 g/mol. The standard InChI is InChI=1S/C13H18F2N2O3S.ClH/c1-21(19,20)7-6-17-9-10(2-3-12(17)18)11-8-16-5-4-13(11,14)15;/h2-3,9,11,16H,4-8H2,1H3;1H. The Morgan fingerprint density at radius 2 is 2.09 bits per heavy atom. The number of nitrogens with zero attached hydrogens (tertiary/aromatic N) is 1. The molecule has 1 N–H and O–H groups in total. The summed E-state index contributed by atoms with van der Waals surface area (Å²) in [5, 5.41) is 2.92. The molecule has 5 nitrogen and oxygen atoms in total. The zero-order valence-corrected chi connectivity index (χ0v) is 13.7. The van der Waals surface area contributed by atoms with E-state index in [0.717, 1.165) is 6.26 Å². The average Bonchev–Trinajstić information content (AvgIpc) is 2.37. The fourth-order valence-electron chi connectivity index (χ4n) is 2.38. The van der Waals surface area contributed by atoms with Crippen LogP contribution in [0.25, 0.3) is 0 Å². The lowest BCUT2D eigenvalue weighted by Crippen LogP contribution is -2.43. The molecule has 1 saturated heterocycles. The van der Waals surface area contributed by atoms with E-state index in [1.165, 1.54) is 22.9 Å². The van der Waals surface area contributed by atoms with E-state index >= 15 is 0 Å². The van der Waals surface area contributed by atoms with Crippen molar-refractivity contribution in [1.82, 2.24) is 9.88 Å². The molecule has 0 spiro atoms. The van der Waals surface area contributed by atoms with E-state index in [1.807, 2.05) is 0 Å². The van der Waals surface area contributed by atoms with Crippen molar-refractivity contribution in [2.45, 2.75) is 24.8 Å². The highest BCUT2D eigenvalue weighted by Gasteiger charge is 2.42. The first-order valence-electron chi connectivity index (χ1n) is 6.66. The maximum Gasteiger partial charge on any atom is 0.257 e. The summed E-state index contributed by atoms with van der Waals surface area (Å²) in [7, 11) is -3.22. The first kappa shape index (κ1) is 19.1. The fourth-order valence-corrected chi connectivity index (χ4v) is 2.91. The number of alkyl halides is 2. The molecule has 1 unspecified atom stereocenters. The van der Waals surface area contributed by atoms with Crippen molar-refractivity contribution < 1.29 is 17.2 Å². The first-order valence-corrected chi connectivity index (χ1v) is 8.72. The van der Waals surface area contributed by atoms with Gasteiger partial charge in [0, 0.05) is 44.6 Å². The molecule has 0 saturated carbocycles. The molecule has 0 amide bonds. The summed E-state index contributed by atoms with van der Waals surface area (Å²) in [5.41, 5.74) is -0.0465. The van der Waals surface area contributed by atoms with E-state index in [9.17, 15) is 22.0 Å². The Morgan fingerprint density at radius 3 is 2.68 bits per heavy atom. The number of hydrogen-bond donors (Lipinski definition) is 1. The Hall–Kier alpha value is -0.990. The number of hydrogen-bond acceptors (Lipinski definition) is 4. The van der Waals surface area contributed by atoms with Gasteiger partial charge in [0.05, 0.1) is 11.7 Å². The minimum atomic E-state index is -3.22. The van der Waals surface area contributed by atoms with Gasteiger partial charge in [-0.1, -0.05) is 6.07 Å². The molecule has 126 valence electrons. The molecular formula is C13H19ClF2N2O3S. The van der Waals surface area contributed by atoms with Gasteiger partial charge < -0.3 is 9.88 Å². The third kappa shape index (κ3) is 4.76. The van der Waals surface area contributed by atoms with E-state index in [0.29, 0.717) is 5.56 Å². The lowest BCUT2D eigenvalue weighted by Gasteiger charge is -2.32. The van der Waals surface area contributed by atoms with Crippen LogP contribution < -0.4 is 10.9 Å². The Balaban J connectivity index is 0.00000242. The summed E-state index contributed by atoms with van der Waals surface area (Å²) in [6.45, 7) is 0.367. The van der Waals surface area contributed by atoms with E-state index in [-0.39, 0.29) is 44.2 Å². The predicted octanol–water partition coefficient (Wildman–Crippen LogP) is 1.03. The van der Waals surface area contributed by atoms with Crippen LogP contribution in [-0.4, -0.2) is 44.0 Å². The van der Waals surface area contributed by atoms with E-state index < -0.39 is 27.2 Å². The number of halogens is 3. The van der Waals surface area contributed by atoms with E-state index in [4.69, 9.17) is 0 Å². The van der Waals surface area contributed by atoms with Crippen molar-refractivity contribution in [3.8, 4) is 0 Å². The molecule has 2 rings (SSSR count). The molecule has 1 fully saturated rings. The Morgan fingerprint density at radius 1 is 1.41 bits per heavy atom. The Bertz CT molecular complexity index is 676. The van der Waals surface area contributed by atoms with Crippen molar-refractivity contribution in [1.29, 1.82) is 0 Å². The van der Waals surface area contributed by atoms with Gasteiger partial charge in [0.15, 0.2) is 0 Å². The van der Waals surface area contributed by atoms with Crippen LogP contribution in [0.4, 0.5) is 8.78 Å². The molecule has 1 aromatic rings. The first-order chi connectivity index (χ1) is 9.69. The molecule has 0 aliphatic carbocycles. The van der Waals surface area contributed by atoms with Gasteiger partial charge in [-0.3, -0.25) is 4.79 Å². The molecular weight excluding hydrogens is 338 g/mol. The third-order valence-corrected chi connectivity index (χ3v) is 4.53. The van der Waals surface area contributed by atoms with Crippen LogP contribution in [0.3, 0.4) is 0 Å². The van der Waals surface area contributed by atoms with Gasteiger partial charge in [-0.25, -0.2) is 17.2 Å². The number of piperidine rings is 1. The second kappa shape index (κ2) is 7.06. The van der Waals surface area contributed by atoms with Gasteiger partial charge in [0.1, 0.15) is 9.84 Å². The largest absolute Gasteiger partial charge is 0.316 e. The van der Waals surface area contributed by atoms with Gasteiger partial charge in [0.2, 0.25) is 0 Å². The van der Waals surface area contributed by atoms with E-state index in [2.05, 4.69) is 5.32 Å². The number of nitrogens with one attached hydrogen (secondary N) is 1. The maximum absolute atomic E-state index is 13.9. The van der Waals surface area contributed by atoms with Crippen LogP contribution in [0.15, 0.2) is 23.1 Å². The van der Waals surface area contributed by atoms with Gasteiger partial charge in [-0.05, 0) is 5.56 Å². The second-order valence-electron chi connectivity index (χ2n) is 5.39. The zero-order chi connectivity index (χ0) is 15.7. The third-order valence-electron chi connectivity index (χ3n) is 3.61. The highest BCUT2D eigenvalue weighted by molar-refractivity contribution is 7.90. The summed E-state index contributed by atoms with van der Waals surface area (Å²) in [5.74, 6) is -4.03. The van der Waals surface area contributed by atoms with Crippen molar-refractivity contribution in [2.24, 2.45) is 0 Å². The van der Waals surface area contributed by atoms with Gasteiger partial charge in [-0.2, -0.15) is 0 Å². The molecule has 0 bridgehead atoms. The van der Waals surface area contributed by atoms with E-state index in [1.54, 1.807) is 0 Å². The normalized spacial score (nSPS) is 21.1. The summed E-state index contributed by atoms with van der Waals surface area (Å²) >= 11 is 0. The molecule has 1 aliphatic rings. The van der Waals surface area contributed by atoms with Crippen LogP contribution >= 0.6 is 12.4 Å². The quantitative estimate of drug-likeness (QED) is 0.875. The lowest BCUT2D eigenvalue weighted by atomic mass is 9.89. The predicted molar refractivity (Wildman–Crippen MR) is 82.8 cm³/mol. The Labute approximate surface area is 134 Å². The van der Waals surface area contributed by atoms with Crippen LogP contribution in [-0.2, 0) is 16.4 Å². The number of aryl methyl sites for hydroxylation is 1. The van der Waals surface area contributed by atoms with Crippen molar-refractivity contribution in [3.63, 3.8) is 0 Å². The van der Waals surface area contributed by atoms with Gasteiger partial charge in [-0.15, -0.1) is 12.4 Å². The number of aromatic nitrogens is 1. The van der Waals surface area contributed by atoms with Crippen molar-refractivity contribution in [3.05, 3.63) is 34.2 Å². The maximum atomic E-state index is 13.9. The lowest BCUT2D eigenvalue weighted by molar-refractivity contribution is -0.0481. The topological polar surface area (TPSA) is 68.2 Å². The molecule has 2 heterocycles. The number of pyridine rings is 1. The number of rotatable bonds is 4. The van der Waals surface area contributed by atoms with Crippen LogP contribution in [0, 0.1) is 0 Å². The Kier molecular flexibility index (Phi) is 6.11. The molecule has 1 atom stereocenters. The summed E-state index contributed by atoms with van der Waals surface area (Å²) < 4.78 is 51.4. The SMILES string of the molecule is CS(=O)(=O)CCn1cc(C2CNCCC2(F)F)ccc1=O.Cl. The highest BCUT2D eigenvalue weighted by Crippen LogP contribution is 2.37. The molecule has 1 aliphatic heterocycles. The molecule has 9 heteroatoms. The zero-order valence-electron chi connectivity index (χ0n) is 12.1. The molecule has 0 radical (unpaired) electrons. The minimum Gasteiger partial charge on any atom is -0.316 e. The van der Waals surface area contributed by atoms with Gasteiger partial charge >= 0.3 is 0 Å². The molecule has 22 heavy (non-hydrogen) atoms. The fraction of sp³-hybridized carbons (Fsp3) is 0.615. The van der Waals surface area contributed by atoms with Gasteiger partial charge in [0.25, 0.3) is 11.5 Å². The average molecular weight is 357 g/mol. The molecule has 1 aromatic heterocycles. The minimum absolute atomic E-state index is 0. The van der Waals surface area contributed by atoms with Crippen LogP contribution in [0.1, 0.15) is 17.9 Å². The number of sulfone groups is 1. The van der Waals surface area contributed by atoms with Crippen molar-refractivity contribution >= 4 is 22.2 Å². The van der Waals surface area contributed by atoms with Crippen LogP contribution in [0.5, 0.6) is 0 Å². The second-order valence-corrected chi connectivity index (χ2v) is 7.65. The smallest absolute Gasteiger partial charge is 0.257 e. The molecule has 0 aromatic carbocycles. The van der Waals surface area contributed by atoms with Crippen LogP contribution in [0.2, 0.25) is 0 Å². The highest BCUT2D eigenvalue weighted by atomic mass is 35.5. The summed E-state index contributed by atoms with van der Waals surface area (Å²) in [6, 6.07) is 2.60. The van der Waals surface area contributed by atoms with Crippen molar-refractivity contribution in [2.75, 3.05) is 25.1 Å². The summed E-state index contributed by atoms with van der Waals surface area (Å²) in [4.78, 5) is 11.7.